The normalized spacial score (nSPS) is 19.0. The second-order valence-corrected chi connectivity index (χ2v) is 15.0. The van der Waals surface area contributed by atoms with Gasteiger partial charge in [0.15, 0.2) is 23.2 Å². The van der Waals surface area contributed by atoms with Gasteiger partial charge in [-0.05, 0) is 50.7 Å². The van der Waals surface area contributed by atoms with Gasteiger partial charge in [0.1, 0.15) is 24.7 Å². The number of amides is 6. The maximum atomic E-state index is 13.9. The first kappa shape index (κ1) is 43.9. The Morgan fingerprint density at radius 2 is 1.57 bits per heavy atom. The number of thioether (sulfide) groups is 1. The number of ketones is 1. The molecule has 0 spiro atoms. The van der Waals surface area contributed by atoms with Crippen LogP contribution in [0, 0.1) is 17.6 Å². The number of methoxy groups -OCH3 is 1. The number of para-hydroxylation sites is 1. The minimum Gasteiger partial charge on any atom is -0.480 e. The fourth-order valence-corrected chi connectivity index (χ4v) is 7.53. The summed E-state index contributed by atoms with van der Waals surface area (Å²) >= 11 is 1.85. The number of benzene rings is 1. The number of unbranched alkanes of at least 4 members (excludes halogenated alkanes) is 3. The van der Waals surface area contributed by atoms with Gasteiger partial charge in [-0.15, -0.1) is 0 Å². The third kappa shape index (κ3) is 14.1. The Bertz CT molecular complexity index is 1480. The smallest absolute Gasteiger partial charge is 0.315 e. The van der Waals surface area contributed by atoms with Gasteiger partial charge in [0.05, 0.1) is 25.6 Å². The van der Waals surface area contributed by atoms with Crippen molar-refractivity contribution in [1.82, 2.24) is 31.9 Å². The number of carbonyl (C=O) groups excluding carboxylic acids is 7. The number of rotatable bonds is 23. The zero-order valence-corrected chi connectivity index (χ0v) is 31.9. The predicted octanol–water partition coefficient (Wildman–Crippen LogP) is 2.01. The van der Waals surface area contributed by atoms with Crippen LogP contribution in [0.4, 0.5) is 13.6 Å². The highest BCUT2D eigenvalue weighted by atomic mass is 32.2. The number of halogens is 2. The van der Waals surface area contributed by atoms with Crippen LogP contribution in [-0.4, -0.2) is 103 Å². The van der Waals surface area contributed by atoms with Crippen LogP contribution in [0.5, 0.6) is 5.75 Å². The topological polar surface area (TPSA) is 210 Å². The zero-order valence-electron chi connectivity index (χ0n) is 31.1. The van der Waals surface area contributed by atoms with Crippen molar-refractivity contribution in [2.45, 2.75) is 114 Å². The molecule has 0 aliphatic carbocycles. The molecule has 1 aromatic rings. The fourth-order valence-electron chi connectivity index (χ4n) is 5.98. The summed E-state index contributed by atoms with van der Waals surface area (Å²) in [7, 11) is 1.08. The highest BCUT2D eigenvalue weighted by molar-refractivity contribution is 8.00. The molecule has 15 nitrogen and oxygen atoms in total. The van der Waals surface area contributed by atoms with E-state index in [0.29, 0.717) is 37.5 Å². The number of nitrogens with one attached hydrogen (secondary N) is 6. The van der Waals surface area contributed by atoms with Gasteiger partial charge >= 0.3 is 12.0 Å². The Kier molecular flexibility index (Phi) is 17.9. The van der Waals surface area contributed by atoms with E-state index in [1.54, 1.807) is 13.8 Å². The van der Waals surface area contributed by atoms with E-state index in [4.69, 9.17) is 4.74 Å². The SMILES string of the molecule is COC(=O)CC(NC(=O)C(C)NC(=O)C(NC(=O)CCCCCNC(=O)CCCCC1SCC2NC(=O)NC21)C(C)C)C(=O)COc1c(F)cccc1F. The second kappa shape index (κ2) is 22.0. The molecule has 300 valence electrons. The number of Topliss-reactive ketones (excluding diaryl/α,β-unsaturated/α-hetero) is 1. The minimum absolute atomic E-state index is 0.0229. The van der Waals surface area contributed by atoms with Crippen LogP contribution in [0.2, 0.25) is 0 Å². The molecule has 0 bridgehead atoms. The summed E-state index contributed by atoms with van der Waals surface area (Å²) in [6.45, 7) is 4.39. The van der Waals surface area contributed by atoms with Crippen LogP contribution in [0.25, 0.3) is 0 Å². The number of fused-ring (bicyclic) bond motifs is 1. The van der Waals surface area contributed by atoms with Crippen molar-refractivity contribution in [1.29, 1.82) is 0 Å². The van der Waals surface area contributed by atoms with Crippen LogP contribution in [-0.2, 0) is 33.5 Å². The van der Waals surface area contributed by atoms with Crippen LogP contribution in [0.15, 0.2) is 18.2 Å². The lowest BCUT2D eigenvalue weighted by Gasteiger charge is -2.25. The molecule has 2 aliphatic rings. The average molecular weight is 783 g/mol. The van der Waals surface area contributed by atoms with Crippen molar-refractivity contribution in [2.75, 3.05) is 26.0 Å². The molecule has 6 unspecified atom stereocenters. The van der Waals surface area contributed by atoms with Gasteiger partial charge in [-0.3, -0.25) is 28.8 Å². The van der Waals surface area contributed by atoms with Crippen LogP contribution in [0.1, 0.15) is 78.6 Å². The molecular formula is C36H52F2N6O9S. The molecule has 1 aromatic carbocycles. The monoisotopic (exact) mass is 782 g/mol. The zero-order chi connectivity index (χ0) is 39.8. The Morgan fingerprint density at radius 1 is 0.889 bits per heavy atom. The number of urea groups is 1. The summed E-state index contributed by atoms with van der Waals surface area (Å²) in [6.07, 6.45) is 4.47. The van der Waals surface area contributed by atoms with E-state index in [1.165, 1.54) is 6.92 Å². The first-order valence-electron chi connectivity index (χ1n) is 18.2. The lowest BCUT2D eigenvalue weighted by atomic mass is 10.0. The minimum atomic E-state index is -1.50. The number of esters is 1. The van der Waals surface area contributed by atoms with Crippen LogP contribution in [0.3, 0.4) is 0 Å². The predicted molar refractivity (Wildman–Crippen MR) is 195 cm³/mol. The summed E-state index contributed by atoms with van der Waals surface area (Å²) in [5, 5.41) is 16.7. The molecule has 54 heavy (non-hydrogen) atoms. The molecule has 2 aliphatic heterocycles. The second-order valence-electron chi connectivity index (χ2n) is 13.7. The van der Waals surface area contributed by atoms with E-state index >= 15 is 0 Å². The molecule has 0 aromatic heterocycles. The maximum Gasteiger partial charge on any atom is 0.315 e. The van der Waals surface area contributed by atoms with Crippen molar-refractivity contribution in [2.24, 2.45) is 5.92 Å². The molecule has 0 saturated carbocycles. The largest absolute Gasteiger partial charge is 0.480 e. The number of carbonyl (C=O) groups is 7. The molecule has 18 heteroatoms. The van der Waals surface area contributed by atoms with E-state index in [-0.39, 0.29) is 42.3 Å². The Morgan fingerprint density at radius 3 is 2.26 bits per heavy atom. The molecule has 3 rings (SSSR count). The summed E-state index contributed by atoms with van der Waals surface area (Å²) in [4.78, 5) is 87.3. The van der Waals surface area contributed by atoms with E-state index < -0.39 is 72.1 Å². The third-order valence-electron chi connectivity index (χ3n) is 9.08. The third-order valence-corrected chi connectivity index (χ3v) is 10.6. The van der Waals surface area contributed by atoms with Crippen molar-refractivity contribution in [3.05, 3.63) is 29.8 Å². The summed E-state index contributed by atoms with van der Waals surface area (Å²) < 4.78 is 37.4. The quantitative estimate of drug-likeness (QED) is 0.0541. The fraction of sp³-hybridized carbons (Fsp3) is 0.639. The van der Waals surface area contributed by atoms with Gasteiger partial charge in [0.2, 0.25) is 23.6 Å². The molecular weight excluding hydrogens is 730 g/mol. The van der Waals surface area contributed by atoms with Gasteiger partial charge in [-0.1, -0.05) is 32.8 Å². The van der Waals surface area contributed by atoms with Crippen molar-refractivity contribution in [3.63, 3.8) is 0 Å². The van der Waals surface area contributed by atoms with Crippen molar-refractivity contribution in [3.8, 4) is 5.75 Å². The molecule has 6 amide bonds. The van der Waals surface area contributed by atoms with E-state index in [9.17, 15) is 42.3 Å². The van der Waals surface area contributed by atoms with Crippen LogP contribution >= 0.6 is 11.8 Å². The van der Waals surface area contributed by atoms with E-state index in [0.717, 1.165) is 50.3 Å². The molecule has 2 fully saturated rings. The summed E-state index contributed by atoms with van der Waals surface area (Å²) in [5.74, 6) is -5.94. The molecule has 2 saturated heterocycles. The summed E-state index contributed by atoms with van der Waals surface area (Å²) in [5.41, 5.74) is 0. The Balaban J connectivity index is 1.34. The van der Waals surface area contributed by atoms with Crippen LogP contribution < -0.4 is 36.6 Å². The lowest BCUT2D eigenvalue weighted by Crippen LogP contribution is -2.56. The van der Waals surface area contributed by atoms with Crippen molar-refractivity contribution < 1.29 is 51.8 Å². The summed E-state index contributed by atoms with van der Waals surface area (Å²) in [6, 6.07) is -0.461. The molecule has 0 radical (unpaired) electrons. The highest BCUT2D eigenvalue weighted by Crippen LogP contribution is 2.33. The number of ether oxygens (including phenoxy) is 2. The standard InChI is InChI=1S/C36H52F2N6O9S/c1-20(2)31(43-29(47)15-6-5-9-16-39-28(46)14-8-7-13-27-32-25(19-54-27)42-36(51)44-32)35(50)40-21(3)34(49)41-24(17-30(48)52-4)26(45)18-53-33-22(37)11-10-12-23(33)38/h10-12,20-21,24-25,27,31-32H,5-9,13-19H2,1-4H3,(H,39,46)(H,40,50)(H,41,49)(H,43,47)(H2,42,44,51). The maximum absolute atomic E-state index is 13.9. The average Bonchev–Trinajstić information content (AvgIpc) is 3.68. The Labute approximate surface area is 317 Å². The van der Waals surface area contributed by atoms with Gasteiger partial charge in [0.25, 0.3) is 0 Å². The van der Waals surface area contributed by atoms with Crippen molar-refractivity contribution >= 4 is 53.2 Å². The molecule has 6 N–H and O–H groups in total. The number of hydrogen-bond acceptors (Lipinski definition) is 10. The first-order chi connectivity index (χ1) is 25.7. The molecule has 2 heterocycles. The number of hydrogen-bond donors (Lipinski definition) is 6. The van der Waals surface area contributed by atoms with E-state index in [2.05, 4.69) is 36.6 Å². The first-order valence-corrected chi connectivity index (χ1v) is 19.3. The lowest BCUT2D eigenvalue weighted by molar-refractivity contribution is -0.143. The van der Waals surface area contributed by atoms with Gasteiger partial charge in [0, 0.05) is 30.4 Å². The van der Waals surface area contributed by atoms with Gasteiger partial charge < -0.3 is 41.4 Å². The van der Waals surface area contributed by atoms with Gasteiger partial charge in [-0.2, -0.15) is 11.8 Å². The van der Waals surface area contributed by atoms with Gasteiger partial charge in [-0.25, -0.2) is 13.6 Å². The Hall–Kier alpha value is -4.48. The highest BCUT2D eigenvalue weighted by Gasteiger charge is 2.42. The molecule has 6 atom stereocenters. The van der Waals surface area contributed by atoms with E-state index in [1.807, 2.05) is 11.8 Å².